The summed E-state index contributed by atoms with van der Waals surface area (Å²) in [5.41, 5.74) is 0.602. The Kier molecular flexibility index (Phi) is 4.25. The maximum atomic E-state index is 12.7. The van der Waals surface area contributed by atoms with Crippen molar-refractivity contribution in [3.05, 3.63) is 28.6 Å². The van der Waals surface area contributed by atoms with Crippen molar-refractivity contribution in [2.75, 3.05) is 0 Å². The third-order valence-corrected chi connectivity index (χ3v) is 2.63. The molecule has 9 heteroatoms. The number of aromatic nitrogens is 1. The van der Waals surface area contributed by atoms with Gasteiger partial charge in [-0.3, -0.25) is 9.78 Å². The number of primary amides is 1. The van der Waals surface area contributed by atoms with E-state index in [4.69, 9.17) is 5.73 Å². The Bertz CT molecular complexity index is 475. The van der Waals surface area contributed by atoms with Gasteiger partial charge >= 0.3 is 6.18 Å². The highest BCUT2D eigenvalue weighted by Gasteiger charge is 2.39. The monoisotopic (exact) mass is 332 g/mol. The van der Waals surface area contributed by atoms with Gasteiger partial charge in [0.2, 0.25) is 0 Å². The Labute approximate surface area is 106 Å². The van der Waals surface area contributed by atoms with Gasteiger partial charge in [0.15, 0.2) is 0 Å². The summed E-state index contributed by atoms with van der Waals surface area (Å²) in [7, 11) is 0. The Morgan fingerprint density at radius 1 is 1.44 bits per heavy atom. The molecule has 0 unspecified atom stereocenters. The van der Waals surface area contributed by atoms with Crippen LogP contribution in [0.1, 0.15) is 33.6 Å². The molecule has 100 valence electrons. The quantitative estimate of drug-likeness (QED) is 0.683. The minimum Gasteiger partial charge on any atom is -0.366 e. The van der Waals surface area contributed by atoms with Crippen molar-refractivity contribution in [3.63, 3.8) is 0 Å². The highest BCUT2D eigenvalue weighted by molar-refractivity contribution is 9.08. The van der Waals surface area contributed by atoms with E-state index in [-0.39, 0.29) is 17.2 Å². The smallest absolute Gasteiger partial charge is 0.366 e. The summed E-state index contributed by atoms with van der Waals surface area (Å²) in [5.74, 6) is -1.38. The zero-order valence-electron chi connectivity index (χ0n) is 8.56. The molecule has 0 atom stereocenters. The zero-order valence-corrected chi connectivity index (χ0v) is 10.1. The van der Waals surface area contributed by atoms with E-state index in [2.05, 4.69) is 20.9 Å². The number of alkyl halides is 6. The van der Waals surface area contributed by atoms with Gasteiger partial charge in [-0.15, -0.1) is 0 Å². The Balaban J connectivity index is 3.68. The van der Waals surface area contributed by atoms with Crippen LogP contribution in [0.3, 0.4) is 0 Å². The van der Waals surface area contributed by atoms with Crippen LogP contribution in [0.25, 0.3) is 0 Å². The third kappa shape index (κ3) is 2.77. The van der Waals surface area contributed by atoms with Crippen molar-refractivity contribution in [1.82, 2.24) is 4.98 Å². The summed E-state index contributed by atoms with van der Waals surface area (Å²) in [5, 5.41) is -0.164. The van der Waals surface area contributed by atoms with Crippen LogP contribution >= 0.6 is 15.9 Å². The van der Waals surface area contributed by atoms with Gasteiger partial charge in [-0.05, 0) is 0 Å². The Hall–Kier alpha value is -1.25. The molecule has 0 aliphatic heterocycles. The first-order valence-corrected chi connectivity index (χ1v) is 5.55. The molecule has 0 fully saturated rings. The number of nitrogens with two attached hydrogens (primary N) is 1. The molecule has 0 saturated carbocycles. The molecule has 0 aromatic carbocycles. The molecule has 0 radical (unpaired) electrons. The van der Waals surface area contributed by atoms with E-state index in [9.17, 15) is 26.7 Å². The molecule has 0 aliphatic rings. The fourth-order valence-corrected chi connectivity index (χ4v) is 1.82. The van der Waals surface area contributed by atoms with Gasteiger partial charge in [0.05, 0.1) is 16.8 Å². The number of rotatable bonds is 3. The molecule has 0 spiro atoms. The van der Waals surface area contributed by atoms with Crippen LogP contribution in [0, 0.1) is 0 Å². The van der Waals surface area contributed by atoms with Crippen molar-refractivity contribution in [3.8, 4) is 0 Å². The maximum Gasteiger partial charge on any atom is 0.418 e. The SMILES string of the molecule is NC(=O)c1c(CBr)ncc(C(F)(F)F)c1C(F)F. The third-order valence-electron chi connectivity index (χ3n) is 2.09. The van der Waals surface area contributed by atoms with Gasteiger partial charge in [0, 0.05) is 17.1 Å². The van der Waals surface area contributed by atoms with Crippen molar-refractivity contribution in [2.45, 2.75) is 17.9 Å². The molecule has 1 aromatic rings. The number of halogens is 6. The molecule has 1 amide bonds. The second-order valence-corrected chi connectivity index (χ2v) is 3.76. The number of carbonyl (C=O) groups is 1. The molecule has 0 aliphatic carbocycles. The average Bonchev–Trinajstić information content (AvgIpc) is 2.25. The lowest BCUT2D eigenvalue weighted by Gasteiger charge is -2.16. The van der Waals surface area contributed by atoms with Gasteiger partial charge in [0.1, 0.15) is 0 Å². The fraction of sp³-hybridized carbons (Fsp3) is 0.333. The summed E-state index contributed by atoms with van der Waals surface area (Å²) >= 11 is 2.84. The van der Waals surface area contributed by atoms with Crippen molar-refractivity contribution in [2.24, 2.45) is 5.73 Å². The van der Waals surface area contributed by atoms with Crippen LogP contribution in [0.15, 0.2) is 6.20 Å². The molecule has 1 heterocycles. The summed E-state index contributed by atoms with van der Waals surface area (Å²) < 4.78 is 63.1. The Morgan fingerprint density at radius 3 is 2.33 bits per heavy atom. The number of nitrogens with zero attached hydrogens (tertiary/aromatic N) is 1. The molecule has 0 bridgehead atoms. The number of amides is 1. The molecule has 3 nitrogen and oxygen atoms in total. The van der Waals surface area contributed by atoms with E-state index < -0.39 is 35.2 Å². The normalized spacial score (nSPS) is 11.9. The minimum absolute atomic E-state index is 0.164. The minimum atomic E-state index is -5.03. The summed E-state index contributed by atoms with van der Waals surface area (Å²) in [6, 6.07) is 0. The van der Waals surface area contributed by atoms with Crippen LogP contribution in [0.2, 0.25) is 0 Å². The number of hydrogen-bond donors (Lipinski definition) is 1. The summed E-state index contributed by atoms with van der Waals surface area (Å²) in [6.45, 7) is 0. The van der Waals surface area contributed by atoms with Gasteiger partial charge in [-0.2, -0.15) is 13.2 Å². The predicted octanol–water partition coefficient (Wildman–Crippen LogP) is 3.03. The topological polar surface area (TPSA) is 56.0 Å². The molecular formula is C9H6BrF5N2O. The Morgan fingerprint density at radius 2 is 2.00 bits per heavy atom. The fourth-order valence-electron chi connectivity index (χ4n) is 1.40. The van der Waals surface area contributed by atoms with Crippen LogP contribution in [0.5, 0.6) is 0 Å². The van der Waals surface area contributed by atoms with Crippen LogP contribution < -0.4 is 5.73 Å². The standard InChI is InChI=1S/C9H6BrF5N2O/c10-1-4-6(8(16)18)5(7(11)12)3(2-17-4)9(13,14)15/h2,7H,1H2,(H2,16,18). The lowest BCUT2D eigenvalue weighted by molar-refractivity contribution is -0.139. The predicted molar refractivity (Wildman–Crippen MR) is 55.3 cm³/mol. The van der Waals surface area contributed by atoms with Gasteiger partial charge in [-0.1, -0.05) is 15.9 Å². The van der Waals surface area contributed by atoms with Crippen molar-refractivity contribution < 1.29 is 26.7 Å². The average molecular weight is 333 g/mol. The first-order valence-electron chi connectivity index (χ1n) is 4.43. The molecule has 2 N–H and O–H groups in total. The van der Waals surface area contributed by atoms with Gasteiger partial charge in [-0.25, -0.2) is 8.78 Å². The van der Waals surface area contributed by atoms with E-state index in [0.29, 0.717) is 0 Å². The second kappa shape index (κ2) is 5.17. The number of hydrogen-bond acceptors (Lipinski definition) is 2. The van der Waals surface area contributed by atoms with Crippen LogP contribution in [-0.2, 0) is 11.5 Å². The summed E-state index contributed by atoms with van der Waals surface area (Å²) in [6.07, 6.45) is -8.25. The molecule has 1 rings (SSSR count). The number of carbonyl (C=O) groups excluding carboxylic acids is 1. The van der Waals surface area contributed by atoms with E-state index in [0.717, 1.165) is 0 Å². The lowest BCUT2D eigenvalue weighted by Crippen LogP contribution is -2.22. The van der Waals surface area contributed by atoms with E-state index in [1.807, 2.05) is 0 Å². The molecule has 1 aromatic heterocycles. The summed E-state index contributed by atoms with van der Waals surface area (Å²) in [4.78, 5) is 14.4. The first-order chi connectivity index (χ1) is 8.20. The maximum absolute atomic E-state index is 12.7. The zero-order chi connectivity index (χ0) is 14.1. The lowest BCUT2D eigenvalue weighted by atomic mass is 10.0. The highest BCUT2D eigenvalue weighted by atomic mass is 79.9. The molecule has 0 saturated heterocycles. The van der Waals surface area contributed by atoms with E-state index in [1.165, 1.54) is 0 Å². The largest absolute Gasteiger partial charge is 0.418 e. The van der Waals surface area contributed by atoms with Crippen molar-refractivity contribution in [1.29, 1.82) is 0 Å². The second-order valence-electron chi connectivity index (χ2n) is 3.20. The van der Waals surface area contributed by atoms with Crippen LogP contribution in [0.4, 0.5) is 22.0 Å². The van der Waals surface area contributed by atoms with Gasteiger partial charge < -0.3 is 5.73 Å². The molecule has 18 heavy (non-hydrogen) atoms. The van der Waals surface area contributed by atoms with Gasteiger partial charge in [0.25, 0.3) is 12.3 Å². The van der Waals surface area contributed by atoms with E-state index >= 15 is 0 Å². The van der Waals surface area contributed by atoms with Crippen molar-refractivity contribution >= 4 is 21.8 Å². The highest BCUT2D eigenvalue weighted by Crippen LogP contribution is 2.38. The van der Waals surface area contributed by atoms with E-state index in [1.54, 1.807) is 0 Å². The van der Waals surface area contributed by atoms with Crippen LogP contribution in [-0.4, -0.2) is 10.9 Å². The first kappa shape index (κ1) is 14.8. The molecular weight excluding hydrogens is 327 g/mol. The number of pyridine rings is 1.